The summed E-state index contributed by atoms with van der Waals surface area (Å²) < 4.78 is 102. The number of rotatable bonds is 4. The molecule has 4 aliphatic carbocycles. The van der Waals surface area contributed by atoms with Crippen LogP contribution in [0.25, 0.3) is 22.3 Å². The second-order valence-electron chi connectivity index (χ2n) is 15.3. The van der Waals surface area contributed by atoms with Gasteiger partial charge in [0.2, 0.25) is 0 Å². The molecule has 0 aromatic heterocycles. The molecule has 4 aromatic rings. The van der Waals surface area contributed by atoms with Crippen molar-refractivity contribution in [3.8, 4) is 22.3 Å². The third kappa shape index (κ3) is 4.30. The average molecular weight is 673 g/mol. The van der Waals surface area contributed by atoms with E-state index in [0.29, 0.717) is 62.5 Å². The van der Waals surface area contributed by atoms with Crippen molar-refractivity contribution in [2.45, 2.75) is 114 Å². The molecule has 0 saturated heterocycles. The first-order valence-corrected chi connectivity index (χ1v) is 17.9. The zero-order chi connectivity index (χ0) is 34.4. The van der Waals surface area contributed by atoms with E-state index in [2.05, 4.69) is 0 Å². The van der Waals surface area contributed by atoms with Crippen LogP contribution in [0, 0.1) is 19.3 Å². The largest absolute Gasteiger partial charge is 0.404 e. The number of hydrogen-bond donors (Lipinski definition) is 0. The van der Waals surface area contributed by atoms with Crippen molar-refractivity contribution in [1.82, 2.24) is 0 Å². The van der Waals surface area contributed by atoms with Crippen LogP contribution in [0.3, 0.4) is 0 Å². The van der Waals surface area contributed by atoms with Crippen molar-refractivity contribution in [2.75, 3.05) is 0 Å². The summed E-state index contributed by atoms with van der Waals surface area (Å²) in [6.07, 6.45) is -8.46. The number of aryl methyl sites for hydroxylation is 2. The molecule has 49 heavy (non-hydrogen) atoms. The smallest absolute Gasteiger partial charge is 0.170 e. The zero-order valence-corrected chi connectivity index (χ0v) is 28.2. The van der Waals surface area contributed by atoms with Gasteiger partial charge in [-0.2, -0.15) is 26.3 Å². The van der Waals surface area contributed by atoms with Gasteiger partial charge in [-0.15, -0.1) is 0 Å². The lowest BCUT2D eigenvalue weighted by Crippen LogP contribution is -2.73. The Kier molecular flexibility index (Phi) is 7.49. The first-order chi connectivity index (χ1) is 23.4. The summed E-state index contributed by atoms with van der Waals surface area (Å²) in [7, 11) is 0. The van der Waals surface area contributed by atoms with E-state index in [4.69, 9.17) is 0 Å². The predicted octanol–water partition coefficient (Wildman–Crippen LogP) is 12.7. The van der Waals surface area contributed by atoms with Crippen LogP contribution in [0.2, 0.25) is 0 Å². The van der Waals surface area contributed by atoms with Crippen molar-refractivity contribution in [2.24, 2.45) is 5.41 Å². The first-order valence-electron chi connectivity index (χ1n) is 17.9. The Morgan fingerprint density at radius 3 is 1.20 bits per heavy atom. The van der Waals surface area contributed by atoms with Crippen LogP contribution in [0.5, 0.6) is 0 Å². The molecule has 2 saturated carbocycles. The van der Waals surface area contributed by atoms with E-state index in [1.807, 2.05) is 62.4 Å². The molecule has 0 radical (unpaired) electrons. The van der Waals surface area contributed by atoms with Gasteiger partial charge in [0.05, 0.1) is 0 Å². The van der Waals surface area contributed by atoms with Crippen LogP contribution in [0.1, 0.15) is 109 Å². The highest BCUT2D eigenvalue weighted by Crippen LogP contribution is 2.76. The molecule has 0 N–H and O–H groups in total. The minimum Gasteiger partial charge on any atom is -0.170 e. The highest BCUT2D eigenvalue weighted by molar-refractivity contribution is 5.82. The van der Waals surface area contributed by atoms with Crippen LogP contribution in [0.4, 0.5) is 26.3 Å². The minimum atomic E-state index is -5.58. The number of alkyl halides is 6. The van der Waals surface area contributed by atoms with Gasteiger partial charge in [0, 0.05) is 10.8 Å². The average Bonchev–Trinajstić information content (AvgIpc) is 3.65. The monoisotopic (exact) mass is 672 g/mol. The Morgan fingerprint density at radius 1 is 0.469 bits per heavy atom. The van der Waals surface area contributed by atoms with Gasteiger partial charge in [-0.1, -0.05) is 111 Å². The summed E-state index contributed by atoms with van der Waals surface area (Å²) in [6, 6.07) is 22.4. The van der Waals surface area contributed by atoms with Gasteiger partial charge in [0.25, 0.3) is 0 Å². The Hall–Kier alpha value is -3.54. The molecule has 8 rings (SSSR count). The van der Waals surface area contributed by atoms with Gasteiger partial charge in [-0.05, 0) is 119 Å². The van der Waals surface area contributed by atoms with E-state index in [-0.39, 0.29) is 36.8 Å². The second kappa shape index (κ2) is 11.2. The highest BCUT2D eigenvalue weighted by Gasteiger charge is 2.86. The van der Waals surface area contributed by atoms with E-state index in [0.717, 1.165) is 44.5 Å². The number of fused-ring (bicyclic) bond motifs is 6. The molecule has 2 fully saturated rings. The maximum atomic E-state index is 17.0. The van der Waals surface area contributed by atoms with E-state index < -0.39 is 28.6 Å². The molecule has 0 unspecified atom stereocenters. The molecule has 4 aromatic carbocycles. The molecule has 0 bridgehead atoms. The highest BCUT2D eigenvalue weighted by atomic mass is 19.4. The van der Waals surface area contributed by atoms with Crippen molar-refractivity contribution >= 4 is 0 Å². The maximum absolute atomic E-state index is 17.0. The third-order valence-corrected chi connectivity index (χ3v) is 13.1. The second-order valence-corrected chi connectivity index (χ2v) is 15.3. The Labute approximate surface area is 285 Å². The molecule has 0 amide bonds. The maximum Gasteiger partial charge on any atom is 0.404 e. The minimum absolute atomic E-state index is 0.145. The van der Waals surface area contributed by atoms with Crippen LogP contribution in [-0.2, 0) is 23.7 Å². The van der Waals surface area contributed by atoms with Crippen molar-refractivity contribution in [3.05, 3.63) is 117 Å². The fourth-order valence-electron chi connectivity index (χ4n) is 11.5. The van der Waals surface area contributed by atoms with Gasteiger partial charge in [-0.3, -0.25) is 0 Å². The number of halogens is 6. The van der Waals surface area contributed by atoms with Crippen LogP contribution in [0.15, 0.2) is 72.8 Å². The lowest BCUT2D eigenvalue weighted by Gasteiger charge is -2.64. The fourth-order valence-corrected chi connectivity index (χ4v) is 11.5. The summed E-state index contributed by atoms with van der Waals surface area (Å²) in [4.78, 5) is 0. The van der Waals surface area contributed by atoms with E-state index in [9.17, 15) is 0 Å². The molecule has 0 aliphatic heterocycles. The standard InChI is InChI=1S/C43H42F6/c1-27-17-19-35(33-25-29-13-5-7-15-31(29)37(27)33)39(21-9-3-10-22-39)41(42(44,45)46,43(47,48)49)40(23-11-4-12-24-40)36-20-18-28(2)38-32-16-8-6-14-30(32)26-34(36)38/h5-8,13-20H,3-4,9-12,21-26H2,1-2H3. The van der Waals surface area contributed by atoms with Gasteiger partial charge >= 0.3 is 12.4 Å². The number of hydrogen-bond acceptors (Lipinski definition) is 0. The summed E-state index contributed by atoms with van der Waals surface area (Å²) in [5, 5.41) is 0. The Morgan fingerprint density at radius 2 is 0.837 bits per heavy atom. The normalized spacial score (nSPS) is 19.6. The van der Waals surface area contributed by atoms with Gasteiger partial charge < -0.3 is 0 Å². The molecule has 4 aliphatic rings. The summed E-state index contributed by atoms with van der Waals surface area (Å²) in [5.74, 6) is 0. The molecule has 0 heterocycles. The van der Waals surface area contributed by atoms with E-state index in [1.54, 1.807) is 24.3 Å². The Bertz CT molecular complexity index is 1790. The molecular formula is C43H42F6. The zero-order valence-electron chi connectivity index (χ0n) is 28.2. The molecule has 0 atom stereocenters. The summed E-state index contributed by atoms with van der Waals surface area (Å²) in [5.41, 5.74) is 0.676. The van der Waals surface area contributed by atoms with Crippen LogP contribution >= 0.6 is 0 Å². The van der Waals surface area contributed by atoms with Crippen molar-refractivity contribution in [1.29, 1.82) is 0 Å². The van der Waals surface area contributed by atoms with E-state index >= 15 is 26.3 Å². The SMILES string of the molecule is Cc1ccc(C2(C(C(F)(F)F)(C(F)(F)F)C3(c4ccc(C)c5c4Cc4ccccc4-5)CCCCC3)CCCCC2)c2c1-c1ccccc1C2. The van der Waals surface area contributed by atoms with Gasteiger partial charge in [0.15, 0.2) is 5.41 Å². The van der Waals surface area contributed by atoms with Crippen LogP contribution in [-0.4, -0.2) is 12.4 Å². The molecule has 6 heteroatoms. The number of benzene rings is 4. The molecule has 256 valence electrons. The topological polar surface area (TPSA) is 0 Å². The van der Waals surface area contributed by atoms with Gasteiger partial charge in [-0.25, -0.2) is 0 Å². The third-order valence-electron chi connectivity index (χ3n) is 13.1. The lowest BCUT2D eigenvalue weighted by atomic mass is 9.40. The van der Waals surface area contributed by atoms with Gasteiger partial charge in [0.1, 0.15) is 0 Å². The van der Waals surface area contributed by atoms with Crippen LogP contribution < -0.4 is 0 Å². The molecular weight excluding hydrogens is 630 g/mol. The molecule has 0 spiro atoms. The van der Waals surface area contributed by atoms with Crippen molar-refractivity contribution < 1.29 is 26.3 Å². The molecule has 0 nitrogen and oxygen atoms in total. The fraction of sp³-hybridized carbons (Fsp3) is 0.442. The van der Waals surface area contributed by atoms with E-state index in [1.165, 1.54) is 0 Å². The first kappa shape index (κ1) is 32.7. The lowest BCUT2D eigenvalue weighted by molar-refractivity contribution is -0.395. The summed E-state index contributed by atoms with van der Waals surface area (Å²) in [6.45, 7) is 3.85. The summed E-state index contributed by atoms with van der Waals surface area (Å²) >= 11 is 0. The predicted molar refractivity (Wildman–Crippen MR) is 183 cm³/mol. The Balaban J connectivity index is 1.50. The van der Waals surface area contributed by atoms with Crippen molar-refractivity contribution in [3.63, 3.8) is 0 Å². The quantitative estimate of drug-likeness (QED) is 0.164.